The number of hydrogen-bond donors (Lipinski definition) is 0. The fourth-order valence-corrected chi connectivity index (χ4v) is 2.17. The number of carbonyl (C=O) groups excluding carboxylic acids is 2. The van der Waals surface area contributed by atoms with E-state index in [1.165, 1.54) is 37.0 Å². The van der Waals surface area contributed by atoms with E-state index in [9.17, 15) is 14.4 Å². The van der Waals surface area contributed by atoms with Gasteiger partial charge in [0.2, 0.25) is 0 Å². The van der Waals surface area contributed by atoms with Crippen molar-refractivity contribution in [2.75, 3.05) is 14.2 Å². The zero-order valence-electron chi connectivity index (χ0n) is 11.9. The van der Waals surface area contributed by atoms with Crippen molar-refractivity contribution in [1.29, 1.82) is 0 Å². The van der Waals surface area contributed by atoms with Gasteiger partial charge in [0.1, 0.15) is 6.04 Å². The molecule has 2 aromatic rings. The number of ether oxygens (including phenoxy) is 2. The molecule has 1 atom stereocenters. The van der Waals surface area contributed by atoms with Crippen LogP contribution in [0.4, 0.5) is 0 Å². The Morgan fingerprint density at radius 2 is 2.00 bits per heavy atom. The van der Waals surface area contributed by atoms with Crippen LogP contribution in [0, 0.1) is 0 Å². The highest BCUT2D eigenvalue weighted by molar-refractivity contribution is 5.93. The summed E-state index contributed by atoms with van der Waals surface area (Å²) >= 11 is 0. The van der Waals surface area contributed by atoms with E-state index in [1.807, 2.05) is 0 Å². The fourth-order valence-electron chi connectivity index (χ4n) is 2.17. The standard InChI is InChI=1S/C14H15NO6/c1-4-9(13(17)20-3)15-10-6-5-8(12(16)19-2)7-11(10)21-14(15)18/h5-7,9H,4H2,1-3H3. The molecule has 7 nitrogen and oxygen atoms in total. The van der Waals surface area contributed by atoms with Crippen LogP contribution in [0.15, 0.2) is 27.4 Å². The molecule has 1 aromatic heterocycles. The summed E-state index contributed by atoms with van der Waals surface area (Å²) in [4.78, 5) is 35.2. The molecule has 0 fully saturated rings. The van der Waals surface area contributed by atoms with Crippen molar-refractivity contribution in [3.63, 3.8) is 0 Å². The van der Waals surface area contributed by atoms with Gasteiger partial charge in [0.25, 0.3) is 0 Å². The monoisotopic (exact) mass is 293 g/mol. The second kappa shape index (κ2) is 5.82. The third-order valence-electron chi connectivity index (χ3n) is 3.21. The number of benzene rings is 1. The maximum absolute atomic E-state index is 12.0. The Morgan fingerprint density at radius 3 is 2.57 bits per heavy atom. The average molecular weight is 293 g/mol. The number of rotatable bonds is 4. The van der Waals surface area contributed by atoms with Gasteiger partial charge >= 0.3 is 17.7 Å². The Labute approximate surface area is 120 Å². The summed E-state index contributed by atoms with van der Waals surface area (Å²) in [6, 6.07) is 3.68. The molecule has 0 aliphatic carbocycles. The molecule has 0 radical (unpaired) electrons. The largest absolute Gasteiger partial charge is 0.467 e. The minimum atomic E-state index is -0.771. The molecule has 21 heavy (non-hydrogen) atoms. The van der Waals surface area contributed by atoms with Gasteiger partial charge in [-0.1, -0.05) is 6.92 Å². The molecular weight excluding hydrogens is 278 g/mol. The Bertz CT molecular complexity index is 741. The molecule has 0 N–H and O–H groups in total. The predicted octanol–water partition coefficient (Wildman–Crippen LogP) is 1.51. The van der Waals surface area contributed by atoms with Crippen LogP contribution in [0.25, 0.3) is 11.1 Å². The van der Waals surface area contributed by atoms with E-state index in [2.05, 4.69) is 4.74 Å². The number of fused-ring (bicyclic) bond motifs is 1. The summed E-state index contributed by atoms with van der Waals surface area (Å²) in [5, 5.41) is 0. The van der Waals surface area contributed by atoms with Crippen LogP contribution in [0.5, 0.6) is 0 Å². The van der Waals surface area contributed by atoms with E-state index >= 15 is 0 Å². The van der Waals surface area contributed by atoms with Crippen molar-refractivity contribution < 1.29 is 23.5 Å². The molecule has 0 amide bonds. The first kappa shape index (κ1) is 14.8. The molecule has 112 valence electrons. The number of hydrogen-bond acceptors (Lipinski definition) is 6. The molecule has 2 rings (SSSR count). The third-order valence-corrected chi connectivity index (χ3v) is 3.21. The second-order valence-electron chi connectivity index (χ2n) is 4.36. The van der Waals surface area contributed by atoms with Gasteiger partial charge in [-0.25, -0.2) is 14.4 Å². The minimum Gasteiger partial charge on any atom is -0.467 e. The predicted molar refractivity (Wildman–Crippen MR) is 73.2 cm³/mol. The quantitative estimate of drug-likeness (QED) is 0.794. The van der Waals surface area contributed by atoms with E-state index in [4.69, 9.17) is 9.15 Å². The lowest BCUT2D eigenvalue weighted by molar-refractivity contribution is -0.144. The maximum Gasteiger partial charge on any atom is 0.420 e. The van der Waals surface area contributed by atoms with Crippen LogP contribution in [0.3, 0.4) is 0 Å². The summed E-state index contributed by atoms with van der Waals surface area (Å²) in [5.41, 5.74) is 0.896. The van der Waals surface area contributed by atoms with Crippen molar-refractivity contribution in [2.45, 2.75) is 19.4 Å². The number of methoxy groups -OCH3 is 2. The number of carbonyl (C=O) groups is 2. The SMILES string of the molecule is CCC(C(=O)OC)n1c(=O)oc2cc(C(=O)OC)ccc21. The van der Waals surface area contributed by atoms with Crippen molar-refractivity contribution in [3.05, 3.63) is 34.3 Å². The van der Waals surface area contributed by atoms with Gasteiger partial charge in [-0.05, 0) is 24.6 Å². The van der Waals surface area contributed by atoms with Gasteiger partial charge in [-0.2, -0.15) is 0 Å². The molecule has 1 heterocycles. The first-order chi connectivity index (χ1) is 10.0. The highest BCUT2D eigenvalue weighted by atomic mass is 16.5. The average Bonchev–Trinajstić information content (AvgIpc) is 2.82. The van der Waals surface area contributed by atoms with Crippen molar-refractivity contribution in [2.24, 2.45) is 0 Å². The van der Waals surface area contributed by atoms with E-state index < -0.39 is 23.7 Å². The number of esters is 2. The summed E-state index contributed by atoms with van der Waals surface area (Å²) < 4.78 is 15.6. The minimum absolute atomic E-state index is 0.213. The van der Waals surface area contributed by atoms with Gasteiger partial charge in [-0.15, -0.1) is 0 Å². The molecular formula is C14H15NO6. The van der Waals surface area contributed by atoms with E-state index in [1.54, 1.807) is 6.92 Å². The molecule has 0 aliphatic heterocycles. The number of nitrogens with zero attached hydrogens (tertiary/aromatic N) is 1. The van der Waals surface area contributed by atoms with Crippen molar-refractivity contribution in [1.82, 2.24) is 4.57 Å². The highest BCUT2D eigenvalue weighted by Crippen LogP contribution is 2.21. The number of oxazole rings is 1. The Morgan fingerprint density at radius 1 is 1.29 bits per heavy atom. The third kappa shape index (κ3) is 2.54. The van der Waals surface area contributed by atoms with Crippen molar-refractivity contribution >= 4 is 23.0 Å². The molecule has 0 aliphatic rings. The van der Waals surface area contributed by atoms with Crippen molar-refractivity contribution in [3.8, 4) is 0 Å². The highest BCUT2D eigenvalue weighted by Gasteiger charge is 2.25. The van der Waals surface area contributed by atoms with Gasteiger partial charge in [-0.3, -0.25) is 4.57 Å². The lowest BCUT2D eigenvalue weighted by atomic mass is 10.2. The Balaban J connectivity index is 2.61. The number of aromatic nitrogens is 1. The molecule has 0 spiro atoms. The van der Waals surface area contributed by atoms with Gasteiger partial charge in [0, 0.05) is 0 Å². The molecule has 7 heteroatoms. The first-order valence-electron chi connectivity index (χ1n) is 6.34. The van der Waals surface area contributed by atoms with Crippen LogP contribution in [0.2, 0.25) is 0 Å². The Kier molecular flexibility index (Phi) is 4.11. The second-order valence-corrected chi connectivity index (χ2v) is 4.36. The molecule has 1 unspecified atom stereocenters. The van der Waals surface area contributed by atoms with E-state index in [-0.39, 0.29) is 11.1 Å². The van der Waals surface area contributed by atoms with Gasteiger partial charge in [0.05, 0.1) is 25.3 Å². The van der Waals surface area contributed by atoms with Crippen LogP contribution in [-0.2, 0) is 14.3 Å². The molecule has 0 bridgehead atoms. The maximum atomic E-state index is 12.0. The van der Waals surface area contributed by atoms with Crippen LogP contribution in [-0.4, -0.2) is 30.7 Å². The van der Waals surface area contributed by atoms with Crippen LogP contribution < -0.4 is 5.76 Å². The lowest BCUT2D eigenvalue weighted by Gasteiger charge is -2.13. The normalized spacial score (nSPS) is 12.1. The first-order valence-corrected chi connectivity index (χ1v) is 6.34. The molecule has 0 saturated carbocycles. The summed E-state index contributed by atoms with van der Waals surface area (Å²) in [5.74, 6) is -1.74. The lowest BCUT2D eigenvalue weighted by Crippen LogP contribution is -2.27. The molecule has 0 saturated heterocycles. The van der Waals surface area contributed by atoms with Gasteiger partial charge < -0.3 is 13.9 Å². The smallest absolute Gasteiger partial charge is 0.420 e. The van der Waals surface area contributed by atoms with Gasteiger partial charge in [0.15, 0.2) is 5.58 Å². The van der Waals surface area contributed by atoms with E-state index in [0.717, 1.165) is 0 Å². The summed E-state index contributed by atoms with van der Waals surface area (Å²) in [7, 11) is 2.52. The fraction of sp³-hybridized carbons (Fsp3) is 0.357. The summed E-state index contributed by atoms with van der Waals surface area (Å²) in [6.45, 7) is 1.76. The van der Waals surface area contributed by atoms with Crippen LogP contribution in [0.1, 0.15) is 29.7 Å². The van der Waals surface area contributed by atoms with Crippen LogP contribution >= 0.6 is 0 Å². The van der Waals surface area contributed by atoms with E-state index in [0.29, 0.717) is 11.9 Å². The summed E-state index contributed by atoms with van der Waals surface area (Å²) in [6.07, 6.45) is 0.375. The Hall–Kier alpha value is -2.57. The zero-order valence-corrected chi connectivity index (χ0v) is 11.9. The zero-order chi connectivity index (χ0) is 15.6. The molecule has 1 aromatic carbocycles. The topological polar surface area (TPSA) is 87.7 Å².